The maximum Gasteiger partial charge on any atom is 0.201 e. The Morgan fingerprint density at radius 2 is 1.55 bits per heavy atom. The van der Waals surface area contributed by atoms with Crippen LogP contribution in [0.25, 0.3) is 0 Å². The number of pyridine rings is 1. The van der Waals surface area contributed by atoms with E-state index in [-0.39, 0.29) is 12.0 Å². The fourth-order valence-corrected chi connectivity index (χ4v) is 11.3. The average molecular weight is 447 g/mol. The molecule has 3 nitrogen and oxygen atoms in total. The monoisotopic (exact) mass is 446 g/mol. The molecule has 3 atom stereocenters. The zero-order valence-electron chi connectivity index (χ0n) is 19.5. The van der Waals surface area contributed by atoms with Gasteiger partial charge in [0.15, 0.2) is 11.6 Å². The molecule has 6 heteroatoms. The van der Waals surface area contributed by atoms with E-state index in [1.807, 2.05) is 12.1 Å². The summed E-state index contributed by atoms with van der Waals surface area (Å²) >= 11 is 0. The van der Waals surface area contributed by atoms with Crippen molar-refractivity contribution in [3.05, 3.63) is 65.0 Å². The molecule has 1 aromatic heterocycles. The standard InChI is InChI=1S/C25H36F2N2OSi/c1-15(2)31(16(3)4,17(5)6)30-22-13-12-19(18-9-7-11-21(26)23(18)27)24(28)20-10-8-14-29-25(20)22/h7-11,14-17,19,22,24H,12-13,28H2,1-6H3/t19-,22+,24-/m0/s1. The fourth-order valence-electron chi connectivity index (χ4n) is 5.77. The highest BCUT2D eigenvalue weighted by Crippen LogP contribution is 2.49. The molecule has 0 saturated heterocycles. The predicted molar refractivity (Wildman–Crippen MR) is 124 cm³/mol. The summed E-state index contributed by atoms with van der Waals surface area (Å²) in [6, 6.07) is 7.70. The molecule has 1 aromatic carbocycles. The quantitative estimate of drug-likeness (QED) is 0.378. The molecule has 31 heavy (non-hydrogen) atoms. The zero-order valence-corrected chi connectivity index (χ0v) is 20.5. The van der Waals surface area contributed by atoms with Gasteiger partial charge in [-0.25, -0.2) is 8.78 Å². The van der Waals surface area contributed by atoms with Gasteiger partial charge >= 0.3 is 0 Å². The summed E-state index contributed by atoms with van der Waals surface area (Å²) in [7, 11) is -2.16. The number of hydrogen-bond acceptors (Lipinski definition) is 3. The fraction of sp³-hybridized carbons (Fsp3) is 0.560. The molecule has 0 radical (unpaired) electrons. The second kappa shape index (κ2) is 9.47. The Kier molecular flexibility index (Phi) is 7.34. The van der Waals surface area contributed by atoms with Crippen molar-refractivity contribution in [2.45, 2.75) is 89.1 Å². The van der Waals surface area contributed by atoms with Crippen molar-refractivity contribution >= 4 is 8.32 Å². The van der Waals surface area contributed by atoms with E-state index >= 15 is 0 Å². The molecule has 3 rings (SSSR count). The lowest BCUT2D eigenvalue weighted by atomic mass is 9.86. The van der Waals surface area contributed by atoms with Crippen LogP contribution >= 0.6 is 0 Å². The normalized spacial score (nSPS) is 22.1. The smallest absolute Gasteiger partial charge is 0.201 e. The van der Waals surface area contributed by atoms with Crippen LogP contribution in [-0.2, 0) is 4.43 Å². The molecule has 0 spiro atoms. The highest BCUT2D eigenvalue weighted by Gasteiger charge is 2.48. The lowest BCUT2D eigenvalue weighted by Crippen LogP contribution is -2.48. The SMILES string of the molecule is CC(C)[Si](O[C@@H]1CC[C@@H](c2cccc(F)c2F)[C@H](N)c2cccnc21)(C(C)C)C(C)C. The molecule has 1 heterocycles. The van der Waals surface area contributed by atoms with Gasteiger partial charge in [0.25, 0.3) is 0 Å². The number of fused-ring (bicyclic) bond motifs is 1. The first-order chi connectivity index (χ1) is 14.6. The van der Waals surface area contributed by atoms with Crippen LogP contribution in [0.3, 0.4) is 0 Å². The Bertz CT molecular complexity index is 881. The minimum absolute atomic E-state index is 0.192. The summed E-state index contributed by atoms with van der Waals surface area (Å²) in [5.74, 6) is -1.97. The van der Waals surface area contributed by atoms with Crippen molar-refractivity contribution in [2.75, 3.05) is 0 Å². The second-order valence-electron chi connectivity index (χ2n) is 9.75. The second-order valence-corrected chi connectivity index (χ2v) is 15.2. The highest BCUT2D eigenvalue weighted by atomic mass is 28.4. The van der Waals surface area contributed by atoms with Gasteiger partial charge in [0.05, 0.1) is 11.8 Å². The van der Waals surface area contributed by atoms with Crippen LogP contribution in [0.15, 0.2) is 36.5 Å². The van der Waals surface area contributed by atoms with Crippen LogP contribution in [0.4, 0.5) is 8.78 Å². The average Bonchev–Trinajstić information content (AvgIpc) is 2.84. The van der Waals surface area contributed by atoms with Gasteiger partial charge in [0, 0.05) is 18.2 Å². The number of aromatic nitrogens is 1. The molecule has 0 amide bonds. The summed E-state index contributed by atoms with van der Waals surface area (Å²) in [4.78, 5) is 4.69. The largest absolute Gasteiger partial charge is 0.408 e. The summed E-state index contributed by atoms with van der Waals surface area (Å²) in [6.45, 7) is 13.6. The minimum Gasteiger partial charge on any atom is -0.408 e. The van der Waals surface area contributed by atoms with Gasteiger partial charge in [-0.05, 0) is 52.7 Å². The van der Waals surface area contributed by atoms with Gasteiger partial charge in [-0.2, -0.15) is 0 Å². The Labute approximate surface area is 186 Å². The van der Waals surface area contributed by atoms with Crippen LogP contribution in [0.1, 0.15) is 89.3 Å². The molecule has 0 unspecified atom stereocenters. The van der Waals surface area contributed by atoms with Crippen molar-refractivity contribution in [3.63, 3.8) is 0 Å². The third kappa shape index (κ3) is 4.35. The molecule has 1 aliphatic rings. The molecular formula is C25H36F2N2OSi. The van der Waals surface area contributed by atoms with E-state index < -0.39 is 26.0 Å². The Hall–Kier alpha value is -1.63. The molecule has 0 fully saturated rings. The van der Waals surface area contributed by atoms with Gasteiger partial charge in [0.2, 0.25) is 8.32 Å². The predicted octanol–water partition coefficient (Wildman–Crippen LogP) is 7.17. The van der Waals surface area contributed by atoms with Crippen molar-refractivity contribution in [1.82, 2.24) is 4.98 Å². The number of benzene rings is 1. The van der Waals surface area contributed by atoms with E-state index in [4.69, 9.17) is 15.1 Å². The van der Waals surface area contributed by atoms with Gasteiger partial charge in [-0.1, -0.05) is 59.7 Å². The van der Waals surface area contributed by atoms with Gasteiger partial charge in [-0.15, -0.1) is 0 Å². The summed E-state index contributed by atoms with van der Waals surface area (Å²) in [6.07, 6.45) is 2.87. The Morgan fingerprint density at radius 1 is 0.935 bits per heavy atom. The maximum absolute atomic E-state index is 14.7. The van der Waals surface area contributed by atoms with Crippen LogP contribution in [-0.4, -0.2) is 13.3 Å². The molecule has 0 saturated carbocycles. The van der Waals surface area contributed by atoms with Crippen molar-refractivity contribution in [3.8, 4) is 0 Å². The van der Waals surface area contributed by atoms with Crippen LogP contribution < -0.4 is 5.73 Å². The first kappa shape index (κ1) is 24.0. The molecule has 0 aliphatic heterocycles. The highest BCUT2D eigenvalue weighted by molar-refractivity contribution is 6.77. The third-order valence-electron chi connectivity index (χ3n) is 7.14. The maximum atomic E-state index is 14.7. The molecule has 1 aliphatic carbocycles. The summed E-state index contributed by atoms with van der Waals surface area (Å²) < 4.78 is 35.8. The number of nitrogens with two attached hydrogens (primary N) is 1. The van der Waals surface area contributed by atoms with Crippen molar-refractivity contribution in [1.29, 1.82) is 0 Å². The van der Waals surface area contributed by atoms with E-state index in [0.717, 1.165) is 17.3 Å². The Balaban J connectivity index is 2.06. The molecular weight excluding hydrogens is 410 g/mol. The van der Waals surface area contributed by atoms with Crippen molar-refractivity contribution < 1.29 is 13.2 Å². The number of hydrogen-bond donors (Lipinski definition) is 1. The zero-order chi connectivity index (χ0) is 22.9. The van der Waals surface area contributed by atoms with E-state index in [1.54, 1.807) is 18.3 Å². The lowest BCUT2D eigenvalue weighted by molar-refractivity contribution is 0.159. The third-order valence-corrected chi connectivity index (χ3v) is 13.3. The van der Waals surface area contributed by atoms with Crippen LogP contribution in [0.5, 0.6) is 0 Å². The molecule has 2 N–H and O–H groups in total. The lowest BCUT2D eigenvalue weighted by Gasteiger charge is -2.44. The van der Waals surface area contributed by atoms with E-state index in [2.05, 4.69) is 41.5 Å². The topological polar surface area (TPSA) is 48.1 Å². The first-order valence-electron chi connectivity index (χ1n) is 11.4. The van der Waals surface area contributed by atoms with Crippen molar-refractivity contribution in [2.24, 2.45) is 5.73 Å². The Morgan fingerprint density at radius 3 is 2.16 bits per heavy atom. The van der Waals surface area contributed by atoms with Crippen LogP contribution in [0, 0.1) is 11.6 Å². The van der Waals surface area contributed by atoms with Gasteiger partial charge in [0.1, 0.15) is 0 Å². The van der Waals surface area contributed by atoms with Crippen LogP contribution in [0.2, 0.25) is 16.6 Å². The summed E-state index contributed by atoms with van der Waals surface area (Å²) in [5, 5.41) is 0. The van der Waals surface area contributed by atoms with E-state index in [0.29, 0.717) is 35.0 Å². The molecule has 0 bridgehead atoms. The number of rotatable bonds is 6. The van der Waals surface area contributed by atoms with Gasteiger partial charge in [-0.3, -0.25) is 4.98 Å². The van der Waals surface area contributed by atoms with Gasteiger partial charge < -0.3 is 10.2 Å². The number of nitrogens with zero attached hydrogens (tertiary/aromatic N) is 1. The molecule has 2 aromatic rings. The van der Waals surface area contributed by atoms with E-state index in [9.17, 15) is 8.78 Å². The summed E-state index contributed by atoms with van der Waals surface area (Å²) in [5.41, 5.74) is 10.1. The minimum atomic E-state index is -2.16. The molecule has 170 valence electrons. The first-order valence-corrected chi connectivity index (χ1v) is 13.6. The van der Waals surface area contributed by atoms with E-state index in [1.165, 1.54) is 0 Å². The number of halogens is 2.